The van der Waals surface area contributed by atoms with Gasteiger partial charge in [0.25, 0.3) is 0 Å². The van der Waals surface area contributed by atoms with Gasteiger partial charge in [-0.3, -0.25) is 0 Å². The number of hydrogen-bond donors (Lipinski definition) is 1. The molecule has 0 aromatic heterocycles. The molecule has 1 N–H and O–H groups in total. The number of thioether (sulfide) groups is 2. The Morgan fingerprint density at radius 2 is 2.11 bits per heavy atom. The van der Waals surface area contributed by atoms with Crippen LogP contribution in [0.4, 0.5) is 0 Å². The number of ether oxygens (including phenoxy) is 1. The monoisotopic (exact) mass is 303 g/mol. The van der Waals surface area contributed by atoms with Crippen molar-refractivity contribution in [2.24, 2.45) is 5.92 Å². The highest BCUT2D eigenvalue weighted by Crippen LogP contribution is 2.38. The minimum atomic E-state index is 0.656. The van der Waals surface area contributed by atoms with Crippen molar-refractivity contribution in [3.05, 3.63) is 0 Å². The largest absolute Gasteiger partial charge is 0.381 e. The lowest BCUT2D eigenvalue weighted by molar-refractivity contribution is 0.0388. The number of nitrogens with one attached hydrogen (secondary N) is 1. The lowest BCUT2D eigenvalue weighted by atomic mass is 9.89. The van der Waals surface area contributed by atoms with Crippen LogP contribution in [0.2, 0.25) is 0 Å². The van der Waals surface area contributed by atoms with E-state index in [1.165, 1.54) is 37.2 Å². The molecule has 4 atom stereocenters. The molecule has 2 nitrogen and oxygen atoms in total. The molecule has 0 saturated carbocycles. The summed E-state index contributed by atoms with van der Waals surface area (Å²) in [4.78, 5) is 0. The summed E-state index contributed by atoms with van der Waals surface area (Å²) in [6, 6.07) is 0.656. The van der Waals surface area contributed by atoms with E-state index in [0.29, 0.717) is 6.04 Å². The van der Waals surface area contributed by atoms with Crippen LogP contribution in [0.3, 0.4) is 0 Å². The van der Waals surface area contributed by atoms with Gasteiger partial charge in [-0.25, -0.2) is 0 Å². The third kappa shape index (κ3) is 4.55. The molecular weight excluding hydrogens is 274 g/mol. The van der Waals surface area contributed by atoms with Gasteiger partial charge in [0.2, 0.25) is 0 Å². The van der Waals surface area contributed by atoms with E-state index in [-0.39, 0.29) is 0 Å². The van der Waals surface area contributed by atoms with Gasteiger partial charge in [0.1, 0.15) is 0 Å². The zero-order chi connectivity index (χ0) is 13.5. The van der Waals surface area contributed by atoms with Gasteiger partial charge in [0.05, 0.1) is 6.61 Å². The molecule has 0 amide bonds. The summed E-state index contributed by atoms with van der Waals surface area (Å²) in [5, 5.41) is 5.47. The Labute approximate surface area is 127 Å². The minimum absolute atomic E-state index is 0.656. The van der Waals surface area contributed by atoms with Gasteiger partial charge < -0.3 is 10.1 Å². The lowest BCUT2D eigenvalue weighted by Gasteiger charge is -2.41. The van der Waals surface area contributed by atoms with Crippen LogP contribution >= 0.6 is 23.5 Å². The summed E-state index contributed by atoms with van der Waals surface area (Å²) >= 11 is 4.40. The van der Waals surface area contributed by atoms with E-state index in [2.05, 4.69) is 42.7 Å². The SMILES string of the molecule is CCCNC(C1CCCOC1)C1SCCSC1CC. The van der Waals surface area contributed by atoms with Gasteiger partial charge in [-0.15, -0.1) is 0 Å². The quantitative estimate of drug-likeness (QED) is 0.811. The Kier molecular flexibility index (Phi) is 7.42. The van der Waals surface area contributed by atoms with Crippen LogP contribution in [0.25, 0.3) is 0 Å². The zero-order valence-corrected chi connectivity index (χ0v) is 14.0. The maximum absolute atomic E-state index is 5.75. The molecule has 2 aliphatic rings. The number of hydrogen-bond acceptors (Lipinski definition) is 4. The average Bonchev–Trinajstić information content (AvgIpc) is 2.49. The van der Waals surface area contributed by atoms with Gasteiger partial charge in [-0.05, 0) is 38.1 Å². The van der Waals surface area contributed by atoms with Crippen molar-refractivity contribution in [1.29, 1.82) is 0 Å². The molecule has 4 unspecified atom stereocenters. The highest BCUT2D eigenvalue weighted by atomic mass is 32.2. The van der Waals surface area contributed by atoms with E-state index < -0.39 is 0 Å². The fraction of sp³-hybridized carbons (Fsp3) is 1.00. The summed E-state index contributed by atoms with van der Waals surface area (Å²) in [7, 11) is 0. The molecule has 0 bridgehead atoms. The second-order valence-electron chi connectivity index (χ2n) is 5.61. The Hall–Kier alpha value is 0.620. The Bertz CT molecular complexity index is 246. The summed E-state index contributed by atoms with van der Waals surface area (Å²) < 4.78 is 5.75. The van der Waals surface area contributed by atoms with Gasteiger partial charge in [0, 0.05) is 34.7 Å². The van der Waals surface area contributed by atoms with Gasteiger partial charge in [-0.2, -0.15) is 23.5 Å². The fourth-order valence-corrected chi connectivity index (χ4v) is 6.53. The van der Waals surface area contributed by atoms with Crippen LogP contribution in [0.5, 0.6) is 0 Å². The molecule has 0 radical (unpaired) electrons. The molecule has 112 valence electrons. The van der Waals surface area contributed by atoms with Crippen molar-refractivity contribution in [2.45, 2.75) is 56.1 Å². The molecule has 2 saturated heterocycles. The van der Waals surface area contributed by atoms with E-state index in [9.17, 15) is 0 Å². The summed E-state index contributed by atoms with van der Waals surface area (Å²) in [6.07, 6.45) is 5.13. The fourth-order valence-electron chi connectivity index (χ4n) is 3.18. The van der Waals surface area contributed by atoms with Crippen LogP contribution in [0, 0.1) is 5.92 Å². The zero-order valence-electron chi connectivity index (χ0n) is 12.4. The molecule has 2 aliphatic heterocycles. The molecule has 2 heterocycles. The average molecular weight is 304 g/mol. The Balaban J connectivity index is 2.01. The van der Waals surface area contributed by atoms with Crippen LogP contribution in [0.1, 0.15) is 39.5 Å². The third-order valence-corrected chi connectivity index (χ3v) is 7.55. The molecule has 0 aromatic carbocycles. The first kappa shape index (κ1) is 16.0. The standard InChI is InChI=1S/C15H29NOS2/c1-3-7-16-14(12-6-5-8-17-11-12)15-13(4-2)18-9-10-19-15/h12-16H,3-11H2,1-2H3. The van der Waals surface area contributed by atoms with E-state index in [0.717, 1.165) is 36.2 Å². The minimum Gasteiger partial charge on any atom is -0.381 e. The Morgan fingerprint density at radius 1 is 1.26 bits per heavy atom. The summed E-state index contributed by atoms with van der Waals surface area (Å²) in [5.74, 6) is 3.39. The predicted octanol–water partition coefficient (Wildman–Crippen LogP) is 3.41. The predicted molar refractivity (Wildman–Crippen MR) is 88.4 cm³/mol. The van der Waals surface area contributed by atoms with Crippen molar-refractivity contribution in [3.8, 4) is 0 Å². The molecule has 19 heavy (non-hydrogen) atoms. The second-order valence-corrected chi connectivity index (χ2v) is 8.24. The van der Waals surface area contributed by atoms with Crippen molar-refractivity contribution >= 4 is 23.5 Å². The molecular formula is C15H29NOS2. The van der Waals surface area contributed by atoms with E-state index in [4.69, 9.17) is 4.74 Å². The molecule has 0 aliphatic carbocycles. The van der Waals surface area contributed by atoms with Crippen molar-refractivity contribution in [3.63, 3.8) is 0 Å². The van der Waals surface area contributed by atoms with Gasteiger partial charge in [-0.1, -0.05) is 13.8 Å². The normalized spacial score (nSPS) is 34.1. The van der Waals surface area contributed by atoms with Crippen LogP contribution in [-0.2, 0) is 4.74 Å². The van der Waals surface area contributed by atoms with E-state index >= 15 is 0 Å². The molecule has 4 heteroatoms. The first-order chi connectivity index (χ1) is 9.36. The van der Waals surface area contributed by atoms with E-state index in [1.54, 1.807) is 0 Å². The molecule has 0 spiro atoms. The first-order valence-electron chi connectivity index (χ1n) is 7.91. The Morgan fingerprint density at radius 3 is 2.79 bits per heavy atom. The third-order valence-electron chi connectivity index (χ3n) is 4.18. The second kappa shape index (κ2) is 8.81. The van der Waals surface area contributed by atoms with Gasteiger partial charge in [0.15, 0.2) is 0 Å². The topological polar surface area (TPSA) is 21.3 Å². The smallest absolute Gasteiger partial charge is 0.0509 e. The molecule has 2 fully saturated rings. The lowest BCUT2D eigenvalue weighted by Crippen LogP contribution is -2.51. The maximum Gasteiger partial charge on any atom is 0.0509 e. The number of rotatable bonds is 6. The molecule has 2 rings (SSSR count). The summed E-state index contributed by atoms with van der Waals surface area (Å²) in [6.45, 7) is 7.71. The highest BCUT2D eigenvalue weighted by Gasteiger charge is 2.36. The maximum atomic E-state index is 5.75. The first-order valence-corrected chi connectivity index (χ1v) is 10.0. The van der Waals surface area contributed by atoms with Crippen LogP contribution in [-0.4, -0.2) is 47.8 Å². The van der Waals surface area contributed by atoms with Crippen molar-refractivity contribution in [1.82, 2.24) is 5.32 Å². The highest BCUT2D eigenvalue weighted by molar-refractivity contribution is 8.07. The van der Waals surface area contributed by atoms with E-state index in [1.807, 2.05) is 0 Å². The van der Waals surface area contributed by atoms with Gasteiger partial charge >= 0.3 is 0 Å². The summed E-state index contributed by atoms with van der Waals surface area (Å²) in [5.41, 5.74) is 0. The van der Waals surface area contributed by atoms with Crippen LogP contribution in [0.15, 0.2) is 0 Å². The molecule has 0 aromatic rings. The van der Waals surface area contributed by atoms with Crippen molar-refractivity contribution in [2.75, 3.05) is 31.3 Å². The van der Waals surface area contributed by atoms with Crippen LogP contribution < -0.4 is 5.32 Å². The van der Waals surface area contributed by atoms with Crippen molar-refractivity contribution < 1.29 is 4.74 Å².